The lowest BCUT2D eigenvalue weighted by Crippen LogP contribution is -2.01. The average Bonchev–Trinajstić information content (AvgIpc) is 2.81. The summed E-state index contributed by atoms with van der Waals surface area (Å²) in [6.45, 7) is 3.89. The second-order valence-electron chi connectivity index (χ2n) is 3.44. The van der Waals surface area contributed by atoms with E-state index in [0.29, 0.717) is 0 Å². The molecule has 2 aromatic heterocycles. The molecule has 2 aromatic rings. The van der Waals surface area contributed by atoms with Gasteiger partial charge in [0.1, 0.15) is 16.7 Å². The Morgan fingerprint density at radius 1 is 1.11 bits per heavy atom. The van der Waals surface area contributed by atoms with E-state index in [-0.39, 0.29) is 0 Å². The molecule has 0 radical (unpaired) electrons. The van der Waals surface area contributed by atoms with Gasteiger partial charge in [0.15, 0.2) is 8.68 Å². The van der Waals surface area contributed by atoms with Crippen LogP contribution in [0.5, 0.6) is 0 Å². The number of nitrogens with one attached hydrogen (secondary N) is 1. The fraction of sp³-hybridized carbons (Fsp3) is 0.400. The molecule has 0 bridgehead atoms. The Bertz CT molecular complexity index is 554. The third-order valence-electron chi connectivity index (χ3n) is 2.20. The summed E-state index contributed by atoms with van der Waals surface area (Å²) in [6.07, 6.45) is 1.99. The molecular weight excluding hydrogens is 286 g/mol. The molecule has 0 aliphatic rings. The molecule has 0 aromatic carbocycles. The van der Waals surface area contributed by atoms with E-state index in [1.807, 2.05) is 27.2 Å². The van der Waals surface area contributed by atoms with E-state index in [9.17, 15) is 0 Å². The molecule has 1 N–H and O–H groups in total. The molecule has 0 atom stereocenters. The summed E-state index contributed by atoms with van der Waals surface area (Å²) in [5, 5.41) is 12.2. The first-order valence-electron chi connectivity index (χ1n) is 5.22. The molecule has 0 unspecified atom stereocenters. The van der Waals surface area contributed by atoms with Crippen LogP contribution in [0.15, 0.2) is 13.7 Å². The third kappa shape index (κ3) is 2.93. The lowest BCUT2D eigenvalue weighted by Gasteiger charge is -2.08. The van der Waals surface area contributed by atoms with Crippen molar-refractivity contribution in [3.63, 3.8) is 0 Å². The van der Waals surface area contributed by atoms with Crippen LogP contribution in [0.25, 0.3) is 0 Å². The van der Waals surface area contributed by atoms with Crippen molar-refractivity contribution < 1.29 is 0 Å². The maximum absolute atomic E-state index is 4.46. The molecule has 0 amide bonds. The summed E-state index contributed by atoms with van der Waals surface area (Å²) in [5.41, 5.74) is 1.04. The zero-order valence-electron chi connectivity index (χ0n) is 10.5. The minimum absolute atomic E-state index is 0.752. The number of anilines is 1. The van der Waals surface area contributed by atoms with Crippen molar-refractivity contribution in [1.29, 1.82) is 0 Å². The molecule has 0 spiro atoms. The molecule has 2 rings (SSSR count). The first kappa shape index (κ1) is 13.6. The van der Waals surface area contributed by atoms with Crippen molar-refractivity contribution in [3.8, 4) is 0 Å². The van der Waals surface area contributed by atoms with E-state index in [1.54, 1.807) is 23.1 Å². The van der Waals surface area contributed by atoms with Gasteiger partial charge in [-0.05, 0) is 31.9 Å². The Morgan fingerprint density at radius 3 is 2.44 bits per heavy atom. The molecular formula is C10H13N5S3. The Labute approximate surface area is 118 Å². The van der Waals surface area contributed by atoms with Gasteiger partial charge in [0.25, 0.3) is 0 Å². The Kier molecular flexibility index (Phi) is 4.41. The largest absolute Gasteiger partial charge is 0.373 e. The third-order valence-corrected chi connectivity index (χ3v) is 5.24. The highest BCUT2D eigenvalue weighted by atomic mass is 32.2. The average molecular weight is 299 g/mol. The highest BCUT2D eigenvalue weighted by Crippen LogP contribution is 2.34. The van der Waals surface area contributed by atoms with Crippen LogP contribution in [0.3, 0.4) is 0 Å². The number of hydrogen-bond acceptors (Lipinski definition) is 8. The molecule has 0 aliphatic carbocycles. The lowest BCUT2D eigenvalue weighted by atomic mass is 10.3. The van der Waals surface area contributed by atoms with Gasteiger partial charge >= 0.3 is 0 Å². The number of aromatic nitrogens is 4. The minimum Gasteiger partial charge on any atom is -0.373 e. The predicted octanol–water partition coefficient (Wildman–Crippen LogP) is 2.86. The van der Waals surface area contributed by atoms with Gasteiger partial charge in [-0.25, -0.2) is 9.97 Å². The fourth-order valence-corrected chi connectivity index (χ4v) is 3.83. The monoisotopic (exact) mass is 299 g/mol. The summed E-state index contributed by atoms with van der Waals surface area (Å²) >= 11 is 4.71. The van der Waals surface area contributed by atoms with E-state index in [1.165, 1.54) is 11.8 Å². The molecule has 0 saturated heterocycles. The predicted molar refractivity (Wildman–Crippen MR) is 76.9 cm³/mol. The van der Waals surface area contributed by atoms with Gasteiger partial charge in [-0.15, -0.1) is 10.2 Å². The van der Waals surface area contributed by atoms with Crippen LogP contribution >= 0.6 is 34.9 Å². The molecule has 18 heavy (non-hydrogen) atoms. The van der Waals surface area contributed by atoms with E-state index >= 15 is 0 Å². The van der Waals surface area contributed by atoms with E-state index in [0.717, 1.165) is 30.9 Å². The van der Waals surface area contributed by atoms with Crippen LogP contribution in [0.4, 0.5) is 5.82 Å². The van der Waals surface area contributed by atoms with Crippen molar-refractivity contribution >= 4 is 40.7 Å². The Balaban J connectivity index is 2.30. The van der Waals surface area contributed by atoms with E-state index < -0.39 is 0 Å². The molecule has 96 valence electrons. The van der Waals surface area contributed by atoms with Gasteiger partial charge in [0.2, 0.25) is 0 Å². The second kappa shape index (κ2) is 5.85. The molecule has 0 saturated carbocycles. The maximum atomic E-state index is 4.46. The van der Waals surface area contributed by atoms with Crippen molar-refractivity contribution in [1.82, 2.24) is 20.2 Å². The molecule has 2 heterocycles. The summed E-state index contributed by atoms with van der Waals surface area (Å²) < 4.78 is 1.87. The van der Waals surface area contributed by atoms with Crippen LogP contribution in [-0.4, -0.2) is 33.5 Å². The lowest BCUT2D eigenvalue weighted by molar-refractivity contribution is 0.928. The van der Waals surface area contributed by atoms with Crippen LogP contribution in [-0.2, 0) is 0 Å². The Hall–Kier alpha value is -0.860. The fourth-order valence-electron chi connectivity index (χ4n) is 1.35. The molecule has 0 aliphatic heterocycles. The topological polar surface area (TPSA) is 63.6 Å². The zero-order valence-corrected chi connectivity index (χ0v) is 13.0. The normalized spacial score (nSPS) is 10.7. The van der Waals surface area contributed by atoms with Crippen molar-refractivity contribution in [2.75, 3.05) is 18.6 Å². The van der Waals surface area contributed by atoms with E-state index in [4.69, 9.17) is 0 Å². The van der Waals surface area contributed by atoms with Crippen LogP contribution in [0.1, 0.15) is 11.4 Å². The van der Waals surface area contributed by atoms with Gasteiger partial charge in [0.05, 0.1) is 0 Å². The Morgan fingerprint density at radius 2 is 1.83 bits per heavy atom. The number of aryl methyl sites for hydroxylation is 1. The molecule has 8 heteroatoms. The van der Waals surface area contributed by atoms with Crippen molar-refractivity contribution in [3.05, 3.63) is 11.4 Å². The maximum Gasteiger partial charge on any atom is 0.181 e. The summed E-state index contributed by atoms with van der Waals surface area (Å²) in [6, 6.07) is 0. The second-order valence-corrected chi connectivity index (χ2v) is 6.71. The smallest absolute Gasteiger partial charge is 0.181 e. The minimum atomic E-state index is 0.752. The number of nitrogens with zero attached hydrogens (tertiary/aromatic N) is 4. The number of hydrogen-bond donors (Lipinski definition) is 1. The van der Waals surface area contributed by atoms with Crippen LogP contribution < -0.4 is 5.32 Å². The molecule has 5 nitrogen and oxygen atoms in total. The van der Waals surface area contributed by atoms with Crippen molar-refractivity contribution in [2.24, 2.45) is 0 Å². The first-order chi connectivity index (χ1) is 8.63. The first-order valence-corrected chi connectivity index (χ1v) is 8.08. The summed E-state index contributed by atoms with van der Waals surface area (Å²) in [7, 11) is 1.86. The van der Waals surface area contributed by atoms with Gasteiger partial charge in [0, 0.05) is 12.6 Å². The van der Waals surface area contributed by atoms with Crippen LogP contribution in [0.2, 0.25) is 0 Å². The quantitative estimate of drug-likeness (QED) is 0.688. The van der Waals surface area contributed by atoms with E-state index in [2.05, 4.69) is 25.5 Å². The standard InChI is InChI=1S/C10H13N5S3/c1-5-7(11-3)12-6(2)13-8(5)17-10-15-14-9(16-4)18-10/h1-4H3,(H,11,12,13). The van der Waals surface area contributed by atoms with Gasteiger partial charge < -0.3 is 5.32 Å². The van der Waals surface area contributed by atoms with Crippen LogP contribution in [0, 0.1) is 13.8 Å². The molecule has 0 fully saturated rings. The number of thioether (sulfide) groups is 1. The number of rotatable bonds is 4. The van der Waals surface area contributed by atoms with Crippen molar-refractivity contribution in [2.45, 2.75) is 27.6 Å². The SMILES string of the molecule is CNc1nc(C)nc(Sc2nnc(SC)s2)c1C. The summed E-state index contributed by atoms with van der Waals surface area (Å²) in [5.74, 6) is 1.61. The van der Waals surface area contributed by atoms with Gasteiger partial charge in [-0.1, -0.05) is 23.1 Å². The van der Waals surface area contributed by atoms with Gasteiger partial charge in [-0.3, -0.25) is 0 Å². The zero-order chi connectivity index (χ0) is 13.1. The highest BCUT2D eigenvalue weighted by molar-refractivity contribution is 8.03. The summed E-state index contributed by atoms with van der Waals surface area (Å²) in [4.78, 5) is 8.80. The van der Waals surface area contributed by atoms with Gasteiger partial charge in [-0.2, -0.15) is 0 Å². The highest BCUT2D eigenvalue weighted by Gasteiger charge is 2.12.